The molecule has 4 heteroatoms. The zero-order chi connectivity index (χ0) is 10.8. The molecule has 0 aromatic carbocycles. The Morgan fingerprint density at radius 1 is 1.33 bits per heavy atom. The monoisotopic (exact) mass is 198 g/mol. The zero-order valence-electron chi connectivity index (χ0n) is 8.60. The highest BCUT2D eigenvalue weighted by atomic mass is 15.1. The Kier molecular flexibility index (Phi) is 2.22. The summed E-state index contributed by atoms with van der Waals surface area (Å²) >= 11 is 0. The highest BCUT2D eigenvalue weighted by Gasteiger charge is 2.05. The van der Waals surface area contributed by atoms with Gasteiger partial charge in [-0.15, -0.1) is 0 Å². The fourth-order valence-corrected chi connectivity index (χ4v) is 1.32. The third-order valence-corrected chi connectivity index (χ3v) is 2.29. The maximum absolute atomic E-state index is 8.87. The number of nitrogens with zero attached hydrogens (tertiary/aromatic N) is 4. The number of aromatic nitrogens is 3. The number of nitriles is 1. The lowest BCUT2D eigenvalue weighted by atomic mass is 10.3. The lowest BCUT2D eigenvalue weighted by Gasteiger charge is -2.05. The standard InChI is InChI=1S/C11H10N4/c1-8-9(2)14-11(7-13-8)15-5-3-4-10(15)6-12/h3-5,7H,1-2H3. The minimum Gasteiger partial charge on any atom is -0.291 e. The van der Waals surface area contributed by atoms with Crippen LogP contribution in [0.2, 0.25) is 0 Å². The van der Waals surface area contributed by atoms with Gasteiger partial charge in [-0.05, 0) is 26.0 Å². The maximum Gasteiger partial charge on any atom is 0.156 e. The van der Waals surface area contributed by atoms with Crippen LogP contribution in [0.15, 0.2) is 24.5 Å². The van der Waals surface area contributed by atoms with Crippen molar-refractivity contribution >= 4 is 0 Å². The van der Waals surface area contributed by atoms with Crippen LogP contribution < -0.4 is 0 Å². The molecule has 0 aliphatic rings. The largest absolute Gasteiger partial charge is 0.291 e. The number of rotatable bonds is 1. The van der Waals surface area contributed by atoms with Crippen molar-refractivity contribution in [2.45, 2.75) is 13.8 Å². The molecule has 15 heavy (non-hydrogen) atoms. The average Bonchev–Trinajstić information content (AvgIpc) is 2.70. The second-order valence-corrected chi connectivity index (χ2v) is 3.27. The third-order valence-electron chi connectivity index (χ3n) is 2.29. The lowest BCUT2D eigenvalue weighted by molar-refractivity contribution is 0.927. The van der Waals surface area contributed by atoms with Gasteiger partial charge < -0.3 is 0 Å². The summed E-state index contributed by atoms with van der Waals surface area (Å²) in [7, 11) is 0. The van der Waals surface area contributed by atoms with Gasteiger partial charge in [0.15, 0.2) is 5.82 Å². The molecule has 0 aliphatic carbocycles. The van der Waals surface area contributed by atoms with Crippen LogP contribution in [0.25, 0.3) is 5.82 Å². The second kappa shape index (κ2) is 3.54. The molecule has 0 fully saturated rings. The van der Waals surface area contributed by atoms with Gasteiger partial charge in [-0.2, -0.15) is 5.26 Å². The quantitative estimate of drug-likeness (QED) is 0.701. The summed E-state index contributed by atoms with van der Waals surface area (Å²) in [6.07, 6.45) is 3.47. The van der Waals surface area contributed by atoms with Gasteiger partial charge in [-0.25, -0.2) is 4.98 Å². The summed E-state index contributed by atoms with van der Waals surface area (Å²) in [6.45, 7) is 3.81. The SMILES string of the molecule is Cc1ncc(-n2cccc2C#N)nc1C. The summed E-state index contributed by atoms with van der Waals surface area (Å²) in [4.78, 5) is 8.59. The Hall–Kier alpha value is -2.15. The molecule has 4 nitrogen and oxygen atoms in total. The molecule has 2 heterocycles. The number of hydrogen-bond acceptors (Lipinski definition) is 3. The molecule has 0 aliphatic heterocycles. The zero-order valence-corrected chi connectivity index (χ0v) is 8.60. The minimum atomic E-state index is 0.563. The average molecular weight is 198 g/mol. The minimum absolute atomic E-state index is 0.563. The van der Waals surface area contributed by atoms with Crippen LogP contribution in [-0.2, 0) is 0 Å². The van der Waals surface area contributed by atoms with Gasteiger partial charge in [0.1, 0.15) is 11.8 Å². The van der Waals surface area contributed by atoms with Crippen LogP contribution in [0, 0.1) is 25.2 Å². The molecule has 0 atom stereocenters. The summed E-state index contributed by atoms with van der Waals surface area (Å²) in [6, 6.07) is 5.67. The summed E-state index contributed by atoms with van der Waals surface area (Å²) in [5, 5.41) is 8.87. The fraction of sp³-hybridized carbons (Fsp3) is 0.182. The van der Waals surface area contributed by atoms with Crippen molar-refractivity contribution in [1.29, 1.82) is 5.26 Å². The molecule has 0 saturated carbocycles. The molecule has 0 radical (unpaired) electrons. The van der Waals surface area contributed by atoms with Gasteiger partial charge in [-0.1, -0.05) is 0 Å². The Labute approximate surface area is 87.8 Å². The van der Waals surface area contributed by atoms with Crippen LogP contribution in [0.3, 0.4) is 0 Å². The Bertz CT molecular complexity index is 534. The molecule has 0 unspecified atom stereocenters. The molecule has 0 bridgehead atoms. The molecule has 0 N–H and O–H groups in total. The Balaban J connectivity index is 2.56. The van der Waals surface area contributed by atoms with E-state index in [0.29, 0.717) is 11.5 Å². The first-order valence-corrected chi connectivity index (χ1v) is 4.60. The summed E-state index contributed by atoms with van der Waals surface area (Å²) < 4.78 is 1.72. The lowest BCUT2D eigenvalue weighted by Crippen LogP contribution is -2.02. The maximum atomic E-state index is 8.87. The predicted octanol–water partition coefficient (Wildman–Crippen LogP) is 1.76. The van der Waals surface area contributed by atoms with E-state index in [0.717, 1.165) is 11.4 Å². The van der Waals surface area contributed by atoms with E-state index in [-0.39, 0.29) is 0 Å². The summed E-state index contributed by atoms with van der Waals surface area (Å²) in [5.74, 6) is 0.680. The molecule has 0 saturated heterocycles. The fourth-order valence-electron chi connectivity index (χ4n) is 1.32. The van der Waals surface area contributed by atoms with E-state index in [2.05, 4.69) is 16.0 Å². The van der Waals surface area contributed by atoms with E-state index in [4.69, 9.17) is 5.26 Å². The normalized spacial score (nSPS) is 9.93. The van der Waals surface area contributed by atoms with Crippen LogP contribution in [-0.4, -0.2) is 14.5 Å². The van der Waals surface area contributed by atoms with Crippen molar-refractivity contribution in [3.05, 3.63) is 41.6 Å². The van der Waals surface area contributed by atoms with E-state index < -0.39 is 0 Å². The molecule has 2 rings (SSSR count). The van der Waals surface area contributed by atoms with Crippen LogP contribution >= 0.6 is 0 Å². The first kappa shape index (κ1) is 9.41. The molecule has 0 spiro atoms. The van der Waals surface area contributed by atoms with Crippen molar-refractivity contribution in [3.63, 3.8) is 0 Å². The van der Waals surface area contributed by atoms with Gasteiger partial charge in [0.25, 0.3) is 0 Å². The highest BCUT2D eigenvalue weighted by molar-refractivity contribution is 5.33. The predicted molar refractivity (Wildman–Crippen MR) is 55.5 cm³/mol. The van der Waals surface area contributed by atoms with E-state index in [1.807, 2.05) is 19.9 Å². The van der Waals surface area contributed by atoms with Crippen LogP contribution in [0.4, 0.5) is 0 Å². The van der Waals surface area contributed by atoms with E-state index in [1.54, 1.807) is 23.0 Å². The molecule has 2 aromatic heterocycles. The summed E-state index contributed by atoms with van der Waals surface area (Å²) in [5.41, 5.74) is 2.35. The van der Waals surface area contributed by atoms with Gasteiger partial charge in [0, 0.05) is 6.20 Å². The van der Waals surface area contributed by atoms with E-state index >= 15 is 0 Å². The van der Waals surface area contributed by atoms with Crippen molar-refractivity contribution in [3.8, 4) is 11.9 Å². The van der Waals surface area contributed by atoms with Crippen molar-refractivity contribution in [1.82, 2.24) is 14.5 Å². The Morgan fingerprint density at radius 3 is 2.80 bits per heavy atom. The van der Waals surface area contributed by atoms with Crippen LogP contribution in [0.5, 0.6) is 0 Å². The third kappa shape index (κ3) is 1.59. The van der Waals surface area contributed by atoms with Crippen molar-refractivity contribution < 1.29 is 0 Å². The van der Waals surface area contributed by atoms with Gasteiger partial charge >= 0.3 is 0 Å². The van der Waals surface area contributed by atoms with Crippen molar-refractivity contribution in [2.75, 3.05) is 0 Å². The van der Waals surface area contributed by atoms with Crippen LogP contribution in [0.1, 0.15) is 17.1 Å². The van der Waals surface area contributed by atoms with Gasteiger partial charge in [-0.3, -0.25) is 9.55 Å². The molecule has 74 valence electrons. The van der Waals surface area contributed by atoms with Gasteiger partial charge in [0.2, 0.25) is 0 Å². The van der Waals surface area contributed by atoms with E-state index in [1.165, 1.54) is 0 Å². The first-order valence-electron chi connectivity index (χ1n) is 4.60. The molecule has 2 aromatic rings. The topological polar surface area (TPSA) is 54.5 Å². The van der Waals surface area contributed by atoms with E-state index in [9.17, 15) is 0 Å². The first-order chi connectivity index (χ1) is 7.22. The molecule has 0 amide bonds. The number of aryl methyl sites for hydroxylation is 2. The van der Waals surface area contributed by atoms with Crippen molar-refractivity contribution in [2.24, 2.45) is 0 Å². The second-order valence-electron chi connectivity index (χ2n) is 3.27. The number of hydrogen-bond donors (Lipinski definition) is 0. The smallest absolute Gasteiger partial charge is 0.156 e. The van der Waals surface area contributed by atoms with Gasteiger partial charge in [0.05, 0.1) is 17.6 Å². The molecular weight excluding hydrogens is 188 g/mol. The highest BCUT2D eigenvalue weighted by Crippen LogP contribution is 2.10. The molecular formula is C11H10N4. The Morgan fingerprint density at radius 2 is 2.13 bits per heavy atom.